The van der Waals surface area contributed by atoms with Crippen molar-refractivity contribution >= 4 is 37.3 Å². The zero-order chi connectivity index (χ0) is 12.3. The molecule has 0 spiro atoms. The smallest absolute Gasteiger partial charge is 0.251 e. The second kappa shape index (κ2) is 5.30. The number of hydrogen-bond donors (Lipinski definition) is 1. The SMILES string of the molecule is O=S(=O)(NCCn1ccnc1)c1sccc1Br. The van der Waals surface area contributed by atoms with Gasteiger partial charge in [0, 0.05) is 30.0 Å². The van der Waals surface area contributed by atoms with Gasteiger partial charge >= 0.3 is 0 Å². The van der Waals surface area contributed by atoms with Crippen LogP contribution in [0.4, 0.5) is 0 Å². The molecule has 8 heteroatoms. The van der Waals surface area contributed by atoms with Crippen molar-refractivity contribution in [3.8, 4) is 0 Å². The van der Waals surface area contributed by atoms with Gasteiger partial charge in [-0.15, -0.1) is 11.3 Å². The van der Waals surface area contributed by atoms with Crippen LogP contribution in [0.3, 0.4) is 0 Å². The number of rotatable bonds is 5. The minimum atomic E-state index is -3.41. The lowest BCUT2D eigenvalue weighted by Crippen LogP contribution is -2.26. The molecule has 0 amide bonds. The summed E-state index contributed by atoms with van der Waals surface area (Å²) in [7, 11) is -3.41. The van der Waals surface area contributed by atoms with Gasteiger partial charge in [0.05, 0.1) is 6.33 Å². The highest BCUT2D eigenvalue weighted by Gasteiger charge is 2.18. The van der Waals surface area contributed by atoms with Crippen molar-refractivity contribution in [2.24, 2.45) is 0 Å². The standard InChI is InChI=1S/C9H10BrN3O2S2/c10-8-1-6-16-9(8)17(14,15)12-3-5-13-4-2-11-7-13/h1-2,4,6-7,12H,3,5H2. The molecule has 2 rings (SSSR count). The fourth-order valence-electron chi connectivity index (χ4n) is 1.27. The van der Waals surface area contributed by atoms with E-state index < -0.39 is 10.0 Å². The third kappa shape index (κ3) is 3.15. The van der Waals surface area contributed by atoms with Gasteiger partial charge in [0.25, 0.3) is 10.0 Å². The van der Waals surface area contributed by atoms with Crippen molar-refractivity contribution in [2.75, 3.05) is 6.54 Å². The lowest BCUT2D eigenvalue weighted by Gasteiger charge is -2.05. The van der Waals surface area contributed by atoms with Crippen molar-refractivity contribution in [1.29, 1.82) is 0 Å². The Kier molecular flexibility index (Phi) is 3.97. The van der Waals surface area contributed by atoms with Gasteiger partial charge in [-0.25, -0.2) is 18.1 Å². The Morgan fingerprint density at radius 3 is 2.94 bits per heavy atom. The summed E-state index contributed by atoms with van der Waals surface area (Å²) in [6.45, 7) is 0.894. The summed E-state index contributed by atoms with van der Waals surface area (Å²) in [6.07, 6.45) is 5.09. The van der Waals surface area contributed by atoms with Crippen LogP contribution in [0.2, 0.25) is 0 Å². The Balaban J connectivity index is 1.97. The van der Waals surface area contributed by atoms with E-state index in [0.717, 1.165) is 0 Å². The van der Waals surface area contributed by atoms with Crippen molar-refractivity contribution in [3.05, 3.63) is 34.6 Å². The lowest BCUT2D eigenvalue weighted by atomic mass is 10.6. The molecule has 0 radical (unpaired) electrons. The van der Waals surface area contributed by atoms with Gasteiger partial charge in [-0.05, 0) is 27.4 Å². The highest BCUT2D eigenvalue weighted by Crippen LogP contribution is 2.27. The summed E-state index contributed by atoms with van der Waals surface area (Å²) < 4.78 is 29.0. The molecule has 0 aliphatic carbocycles. The number of sulfonamides is 1. The van der Waals surface area contributed by atoms with Crippen LogP contribution in [0.25, 0.3) is 0 Å². The molecule has 0 aliphatic heterocycles. The molecule has 0 atom stereocenters. The first-order valence-electron chi connectivity index (χ1n) is 4.78. The number of hydrogen-bond acceptors (Lipinski definition) is 4. The van der Waals surface area contributed by atoms with Gasteiger partial charge in [-0.2, -0.15) is 0 Å². The fourth-order valence-corrected chi connectivity index (χ4v) is 4.67. The average molecular weight is 336 g/mol. The zero-order valence-corrected chi connectivity index (χ0v) is 11.9. The molecule has 0 fully saturated rings. The average Bonchev–Trinajstić information content (AvgIpc) is 2.88. The first kappa shape index (κ1) is 12.7. The molecule has 0 aromatic carbocycles. The van der Waals surface area contributed by atoms with E-state index in [9.17, 15) is 8.42 Å². The van der Waals surface area contributed by atoms with Gasteiger partial charge in [0.2, 0.25) is 0 Å². The summed E-state index contributed by atoms with van der Waals surface area (Å²) in [6, 6.07) is 1.72. The molecular weight excluding hydrogens is 326 g/mol. The van der Waals surface area contributed by atoms with Crippen molar-refractivity contribution in [2.45, 2.75) is 10.8 Å². The normalized spacial score (nSPS) is 11.8. The molecule has 2 heterocycles. The molecule has 1 N–H and O–H groups in total. The van der Waals surface area contributed by atoms with Crippen molar-refractivity contribution in [3.63, 3.8) is 0 Å². The molecule has 0 unspecified atom stereocenters. The Hall–Kier alpha value is -0.700. The molecule has 0 saturated heterocycles. The number of imidazole rings is 1. The molecule has 5 nitrogen and oxygen atoms in total. The maximum Gasteiger partial charge on any atom is 0.251 e. The molecular formula is C9H10BrN3O2S2. The highest BCUT2D eigenvalue weighted by molar-refractivity contribution is 9.10. The van der Waals surface area contributed by atoms with E-state index in [4.69, 9.17) is 0 Å². The summed E-state index contributed by atoms with van der Waals surface area (Å²) in [5.41, 5.74) is 0. The van der Waals surface area contributed by atoms with Crippen molar-refractivity contribution < 1.29 is 8.42 Å². The van der Waals surface area contributed by atoms with E-state index >= 15 is 0 Å². The third-order valence-corrected chi connectivity index (χ3v) is 6.18. The molecule has 17 heavy (non-hydrogen) atoms. The predicted molar refractivity (Wildman–Crippen MR) is 69.4 cm³/mol. The Labute approximate surface area is 112 Å². The minimum absolute atomic E-state index is 0.308. The molecule has 2 aromatic heterocycles. The van der Waals surface area contributed by atoms with Crippen LogP contribution in [0.15, 0.2) is 38.8 Å². The van der Waals surface area contributed by atoms with Crippen LogP contribution in [0, 0.1) is 0 Å². The topological polar surface area (TPSA) is 64.0 Å². The largest absolute Gasteiger partial charge is 0.336 e. The maximum absolute atomic E-state index is 11.9. The summed E-state index contributed by atoms with van der Waals surface area (Å²) in [5.74, 6) is 0. The zero-order valence-electron chi connectivity index (χ0n) is 8.71. The summed E-state index contributed by atoms with van der Waals surface area (Å²) in [4.78, 5) is 3.88. The Morgan fingerprint density at radius 2 is 2.35 bits per heavy atom. The molecule has 0 bridgehead atoms. The summed E-state index contributed by atoms with van der Waals surface area (Å²) >= 11 is 4.40. The second-order valence-electron chi connectivity index (χ2n) is 3.25. The monoisotopic (exact) mass is 335 g/mol. The number of halogens is 1. The lowest BCUT2D eigenvalue weighted by molar-refractivity contribution is 0.574. The van der Waals surface area contributed by atoms with E-state index in [-0.39, 0.29) is 0 Å². The van der Waals surface area contributed by atoms with Crippen LogP contribution in [0.1, 0.15) is 0 Å². The van der Waals surface area contributed by atoms with Crippen LogP contribution in [0.5, 0.6) is 0 Å². The van der Waals surface area contributed by atoms with E-state index in [1.165, 1.54) is 11.3 Å². The second-order valence-corrected chi connectivity index (χ2v) is 6.99. The number of nitrogens with zero attached hydrogens (tertiary/aromatic N) is 2. The maximum atomic E-state index is 11.9. The number of aromatic nitrogens is 2. The quantitative estimate of drug-likeness (QED) is 0.904. The van der Waals surface area contributed by atoms with E-state index in [0.29, 0.717) is 21.8 Å². The predicted octanol–water partition coefficient (Wildman–Crippen LogP) is 1.69. The van der Waals surface area contributed by atoms with Gasteiger partial charge in [0.15, 0.2) is 0 Å². The van der Waals surface area contributed by atoms with Gasteiger partial charge in [-0.3, -0.25) is 0 Å². The summed E-state index contributed by atoms with van der Waals surface area (Å²) in [5, 5.41) is 1.73. The first-order chi connectivity index (χ1) is 8.09. The van der Waals surface area contributed by atoms with Crippen LogP contribution < -0.4 is 4.72 Å². The molecule has 0 aliphatic rings. The van der Waals surface area contributed by atoms with Crippen LogP contribution in [-0.4, -0.2) is 24.5 Å². The van der Waals surface area contributed by atoms with Gasteiger partial charge in [-0.1, -0.05) is 0 Å². The third-order valence-electron chi connectivity index (χ3n) is 2.05. The van der Waals surface area contributed by atoms with Crippen LogP contribution >= 0.6 is 27.3 Å². The van der Waals surface area contributed by atoms with Gasteiger partial charge in [0.1, 0.15) is 4.21 Å². The van der Waals surface area contributed by atoms with Crippen molar-refractivity contribution in [1.82, 2.24) is 14.3 Å². The number of thiophene rings is 1. The molecule has 0 saturated carbocycles. The first-order valence-corrected chi connectivity index (χ1v) is 7.93. The van der Waals surface area contributed by atoms with Gasteiger partial charge < -0.3 is 4.57 Å². The Morgan fingerprint density at radius 1 is 1.53 bits per heavy atom. The van der Waals surface area contributed by atoms with Crippen LogP contribution in [-0.2, 0) is 16.6 Å². The fraction of sp³-hybridized carbons (Fsp3) is 0.222. The minimum Gasteiger partial charge on any atom is -0.336 e. The highest BCUT2D eigenvalue weighted by atomic mass is 79.9. The van der Waals surface area contributed by atoms with E-state index in [1.54, 1.807) is 30.2 Å². The molecule has 2 aromatic rings. The Bertz CT molecular complexity index is 577. The molecule has 92 valence electrons. The number of nitrogens with one attached hydrogen (secondary N) is 1. The van der Waals surface area contributed by atoms with E-state index in [2.05, 4.69) is 25.6 Å². The van der Waals surface area contributed by atoms with E-state index in [1.807, 2.05) is 4.57 Å².